The van der Waals surface area contributed by atoms with Gasteiger partial charge in [-0.25, -0.2) is 9.59 Å². The molecule has 0 spiro atoms. The number of fused-ring (bicyclic) bond motifs is 1. The van der Waals surface area contributed by atoms with Crippen LogP contribution in [0.5, 0.6) is 0 Å². The van der Waals surface area contributed by atoms with Gasteiger partial charge in [0.05, 0.1) is 35.3 Å². The van der Waals surface area contributed by atoms with Crippen molar-refractivity contribution in [3.05, 3.63) is 95.6 Å². The molecule has 3 aromatic rings. The van der Waals surface area contributed by atoms with Gasteiger partial charge in [-0.2, -0.15) is 0 Å². The molecule has 210 valence electrons. The van der Waals surface area contributed by atoms with Crippen molar-refractivity contribution in [3.63, 3.8) is 0 Å². The van der Waals surface area contributed by atoms with Gasteiger partial charge in [0.15, 0.2) is 6.61 Å². The van der Waals surface area contributed by atoms with Crippen molar-refractivity contribution in [1.29, 1.82) is 0 Å². The SMILES string of the molecule is CCOC(=O)c1ccc(NC(=O)COC(=O)c2ccc(N3C(=O)[C@H]4C[C@H](c5ccccc5)CC[C@H]4C3=O)cc2)cc1. The number of rotatable bonds is 8. The summed E-state index contributed by atoms with van der Waals surface area (Å²) in [4.78, 5) is 64.2. The van der Waals surface area contributed by atoms with Gasteiger partial charge in [0, 0.05) is 5.69 Å². The van der Waals surface area contributed by atoms with E-state index < -0.39 is 24.5 Å². The Bertz CT molecular complexity index is 1450. The molecule has 1 saturated carbocycles. The van der Waals surface area contributed by atoms with E-state index in [1.807, 2.05) is 18.2 Å². The lowest BCUT2D eigenvalue weighted by Gasteiger charge is -2.28. The zero-order valence-electron chi connectivity index (χ0n) is 22.6. The number of nitrogens with one attached hydrogen (secondary N) is 1. The van der Waals surface area contributed by atoms with Gasteiger partial charge in [-0.15, -0.1) is 0 Å². The normalized spacial score (nSPS) is 19.8. The number of nitrogens with zero attached hydrogens (tertiary/aromatic N) is 1. The molecule has 3 atom stereocenters. The minimum absolute atomic E-state index is 0.181. The summed E-state index contributed by atoms with van der Waals surface area (Å²) in [5.41, 5.74) is 2.56. The van der Waals surface area contributed by atoms with Crippen LogP contribution in [0, 0.1) is 11.8 Å². The van der Waals surface area contributed by atoms with Gasteiger partial charge in [0.2, 0.25) is 11.8 Å². The van der Waals surface area contributed by atoms with Crippen LogP contribution >= 0.6 is 0 Å². The molecule has 1 N–H and O–H groups in total. The second-order valence-electron chi connectivity index (χ2n) is 10.1. The van der Waals surface area contributed by atoms with Crippen LogP contribution in [0.15, 0.2) is 78.9 Å². The third-order valence-corrected chi connectivity index (χ3v) is 7.57. The molecule has 5 rings (SSSR count). The summed E-state index contributed by atoms with van der Waals surface area (Å²) in [5, 5.41) is 2.59. The van der Waals surface area contributed by atoms with Crippen molar-refractivity contribution < 1.29 is 33.4 Å². The summed E-state index contributed by atoms with van der Waals surface area (Å²) in [6, 6.07) is 22.2. The molecule has 2 aliphatic rings. The van der Waals surface area contributed by atoms with E-state index in [0.717, 1.165) is 6.42 Å². The predicted molar refractivity (Wildman–Crippen MR) is 150 cm³/mol. The van der Waals surface area contributed by atoms with E-state index in [2.05, 4.69) is 17.4 Å². The third kappa shape index (κ3) is 6.04. The number of carbonyl (C=O) groups excluding carboxylic acids is 5. The topological polar surface area (TPSA) is 119 Å². The van der Waals surface area contributed by atoms with Crippen LogP contribution in [-0.2, 0) is 23.9 Å². The lowest BCUT2D eigenvalue weighted by atomic mass is 9.73. The van der Waals surface area contributed by atoms with Crippen molar-refractivity contribution in [3.8, 4) is 0 Å². The van der Waals surface area contributed by atoms with Gasteiger partial charge in [-0.05, 0) is 86.2 Å². The monoisotopic (exact) mass is 554 g/mol. The van der Waals surface area contributed by atoms with Gasteiger partial charge < -0.3 is 14.8 Å². The number of anilines is 2. The van der Waals surface area contributed by atoms with Crippen molar-refractivity contribution in [1.82, 2.24) is 0 Å². The molecule has 0 radical (unpaired) electrons. The molecular formula is C32H30N2O7. The summed E-state index contributed by atoms with van der Waals surface area (Å²) >= 11 is 0. The molecule has 0 unspecified atom stereocenters. The van der Waals surface area contributed by atoms with Crippen molar-refractivity contribution >= 4 is 41.0 Å². The Balaban J connectivity index is 1.15. The summed E-state index contributed by atoms with van der Waals surface area (Å²) in [7, 11) is 0. The fraction of sp³-hybridized carbons (Fsp3) is 0.281. The van der Waals surface area contributed by atoms with Gasteiger partial charge in [-0.3, -0.25) is 19.3 Å². The highest BCUT2D eigenvalue weighted by Gasteiger charge is 2.50. The quantitative estimate of drug-likeness (QED) is 0.316. The Labute approximate surface area is 237 Å². The molecular weight excluding hydrogens is 524 g/mol. The molecule has 3 aromatic carbocycles. The number of hydrogen-bond acceptors (Lipinski definition) is 7. The lowest BCUT2D eigenvalue weighted by molar-refractivity contribution is -0.122. The van der Waals surface area contributed by atoms with Gasteiger partial charge in [0.25, 0.3) is 5.91 Å². The Kier molecular flexibility index (Phi) is 8.24. The van der Waals surface area contributed by atoms with Crippen molar-refractivity contribution in [2.24, 2.45) is 11.8 Å². The fourth-order valence-electron chi connectivity index (χ4n) is 5.52. The van der Waals surface area contributed by atoms with Gasteiger partial charge >= 0.3 is 11.9 Å². The molecule has 1 heterocycles. The van der Waals surface area contributed by atoms with E-state index in [4.69, 9.17) is 9.47 Å². The number of hydrogen-bond donors (Lipinski definition) is 1. The van der Waals surface area contributed by atoms with E-state index >= 15 is 0 Å². The maximum absolute atomic E-state index is 13.3. The van der Waals surface area contributed by atoms with Crippen LogP contribution in [0.2, 0.25) is 0 Å². The van der Waals surface area contributed by atoms with E-state index in [9.17, 15) is 24.0 Å². The molecule has 0 bridgehead atoms. The zero-order chi connectivity index (χ0) is 28.9. The molecule has 2 fully saturated rings. The fourth-order valence-corrected chi connectivity index (χ4v) is 5.52. The van der Waals surface area contributed by atoms with Gasteiger partial charge in [-0.1, -0.05) is 30.3 Å². The van der Waals surface area contributed by atoms with Crippen LogP contribution in [-0.4, -0.2) is 42.9 Å². The van der Waals surface area contributed by atoms with Crippen LogP contribution in [0.25, 0.3) is 0 Å². The highest BCUT2D eigenvalue weighted by Crippen LogP contribution is 2.45. The van der Waals surface area contributed by atoms with E-state index in [0.29, 0.717) is 29.8 Å². The largest absolute Gasteiger partial charge is 0.462 e. The summed E-state index contributed by atoms with van der Waals surface area (Å²) < 4.78 is 10.0. The number of imide groups is 1. The predicted octanol–water partition coefficient (Wildman–Crippen LogP) is 4.73. The van der Waals surface area contributed by atoms with Crippen LogP contribution < -0.4 is 10.2 Å². The second-order valence-corrected chi connectivity index (χ2v) is 10.1. The maximum atomic E-state index is 13.3. The Morgan fingerprint density at radius 3 is 2.05 bits per heavy atom. The van der Waals surface area contributed by atoms with Gasteiger partial charge in [0.1, 0.15) is 0 Å². The van der Waals surface area contributed by atoms with Crippen LogP contribution in [0.1, 0.15) is 58.4 Å². The summed E-state index contributed by atoms with van der Waals surface area (Å²) in [6.07, 6.45) is 2.15. The molecule has 41 heavy (non-hydrogen) atoms. The minimum atomic E-state index is -0.720. The first-order chi connectivity index (χ1) is 19.9. The average Bonchev–Trinajstić information content (AvgIpc) is 3.25. The first-order valence-corrected chi connectivity index (χ1v) is 13.6. The smallest absolute Gasteiger partial charge is 0.338 e. The number of esters is 2. The number of carbonyl (C=O) groups is 5. The highest BCUT2D eigenvalue weighted by atomic mass is 16.5. The first-order valence-electron chi connectivity index (χ1n) is 13.6. The number of benzene rings is 3. The standard InChI is InChI=1S/C32H30N2O7/c1-2-40-31(38)21-8-13-24(14-9-21)33-28(35)19-41-32(39)22-10-15-25(16-11-22)34-29(36)26-17-12-23(18-27(26)30(34)37)20-6-4-3-5-7-20/h3-11,13-16,23,26-27H,2,12,17-19H2,1H3,(H,33,35)/t23-,26-,27+/m1/s1. The molecule has 9 heteroatoms. The number of ether oxygens (including phenoxy) is 2. The Hall–Kier alpha value is -4.79. The summed E-state index contributed by atoms with van der Waals surface area (Å²) in [6.45, 7) is 1.45. The van der Waals surface area contributed by atoms with E-state index in [-0.39, 0.29) is 41.7 Å². The molecule has 1 saturated heterocycles. The first kappa shape index (κ1) is 27.8. The average molecular weight is 555 g/mol. The zero-order valence-corrected chi connectivity index (χ0v) is 22.6. The minimum Gasteiger partial charge on any atom is -0.462 e. The van der Waals surface area contributed by atoms with E-state index in [1.54, 1.807) is 31.2 Å². The highest BCUT2D eigenvalue weighted by molar-refractivity contribution is 6.22. The Morgan fingerprint density at radius 2 is 1.39 bits per heavy atom. The van der Waals surface area contributed by atoms with Crippen molar-refractivity contribution in [2.45, 2.75) is 32.1 Å². The third-order valence-electron chi connectivity index (χ3n) is 7.57. The molecule has 1 aliphatic heterocycles. The molecule has 9 nitrogen and oxygen atoms in total. The lowest BCUT2D eigenvalue weighted by Crippen LogP contribution is -2.30. The molecule has 1 aliphatic carbocycles. The molecule has 0 aromatic heterocycles. The van der Waals surface area contributed by atoms with Crippen molar-refractivity contribution in [2.75, 3.05) is 23.4 Å². The maximum Gasteiger partial charge on any atom is 0.338 e. The summed E-state index contributed by atoms with van der Waals surface area (Å²) in [5.74, 6) is -2.58. The Morgan fingerprint density at radius 1 is 0.780 bits per heavy atom. The van der Waals surface area contributed by atoms with Crippen LogP contribution in [0.4, 0.5) is 11.4 Å². The molecule has 3 amide bonds. The second kappa shape index (κ2) is 12.2. The number of amides is 3. The van der Waals surface area contributed by atoms with Crippen LogP contribution in [0.3, 0.4) is 0 Å². The van der Waals surface area contributed by atoms with E-state index in [1.165, 1.54) is 34.7 Å².